The van der Waals surface area contributed by atoms with Crippen molar-refractivity contribution in [3.8, 4) is 10.6 Å². The number of nitrogens with zero attached hydrogens (tertiary/aromatic N) is 1. The molecule has 0 aliphatic rings. The molecule has 2 aromatic heterocycles. The second-order valence-corrected chi connectivity index (χ2v) is 3.49. The SMILES string of the molecule is CNCc1ncsc1-c1ccco1. The third kappa shape index (κ3) is 1.64. The van der Waals surface area contributed by atoms with Gasteiger partial charge in [0.15, 0.2) is 0 Å². The Balaban J connectivity index is 2.35. The van der Waals surface area contributed by atoms with Gasteiger partial charge >= 0.3 is 0 Å². The van der Waals surface area contributed by atoms with E-state index < -0.39 is 0 Å². The van der Waals surface area contributed by atoms with Gasteiger partial charge in [0.1, 0.15) is 5.76 Å². The molecule has 4 heteroatoms. The summed E-state index contributed by atoms with van der Waals surface area (Å²) in [5.74, 6) is 0.896. The smallest absolute Gasteiger partial charge is 0.145 e. The molecule has 2 rings (SSSR count). The summed E-state index contributed by atoms with van der Waals surface area (Å²) in [7, 11) is 1.91. The molecule has 2 heterocycles. The molecule has 0 fully saturated rings. The van der Waals surface area contributed by atoms with Gasteiger partial charge in [0.2, 0.25) is 0 Å². The fourth-order valence-corrected chi connectivity index (χ4v) is 1.95. The molecular formula is C9H10N2OS. The minimum Gasteiger partial charge on any atom is -0.463 e. The summed E-state index contributed by atoms with van der Waals surface area (Å²) in [6.45, 7) is 0.777. The second kappa shape index (κ2) is 3.72. The summed E-state index contributed by atoms with van der Waals surface area (Å²) in [4.78, 5) is 5.37. The van der Waals surface area contributed by atoms with Gasteiger partial charge in [0, 0.05) is 6.54 Å². The minimum absolute atomic E-state index is 0.777. The zero-order chi connectivity index (χ0) is 9.10. The zero-order valence-corrected chi connectivity index (χ0v) is 8.10. The molecule has 0 atom stereocenters. The maximum Gasteiger partial charge on any atom is 0.145 e. The van der Waals surface area contributed by atoms with Gasteiger partial charge in [0.05, 0.1) is 22.3 Å². The van der Waals surface area contributed by atoms with Crippen LogP contribution in [0.2, 0.25) is 0 Å². The van der Waals surface area contributed by atoms with Crippen LogP contribution in [-0.4, -0.2) is 12.0 Å². The van der Waals surface area contributed by atoms with Gasteiger partial charge in [-0.2, -0.15) is 0 Å². The summed E-state index contributed by atoms with van der Waals surface area (Å²) >= 11 is 1.60. The average molecular weight is 194 g/mol. The molecule has 13 heavy (non-hydrogen) atoms. The van der Waals surface area contributed by atoms with Gasteiger partial charge in [0.25, 0.3) is 0 Å². The van der Waals surface area contributed by atoms with Crippen molar-refractivity contribution in [2.45, 2.75) is 6.54 Å². The van der Waals surface area contributed by atoms with Crippen LogP contribution in [0.1, 0.15) is 5.69 Å². The van der Waals surface area contributed by atoms with Crippen LogP contribution in [0.3, 0.4) is 0 Å². The van der Waals surface area contributed by atoms with Crippen molar-refractivity contribution in [1.29, 1.82) is 0 Å². The molecule has 0 amide bonds. The van der Waals surface area contributed by atoms with Crippen molar-refractivity contribution < 1.29 is 4.42 Å². The van der Waals surface area contributed by atoms with Crippen LogP contribution in [0.15, 0.2) is 28.3 Å². The Morgan fingerprint density at radius 1 is 1.62 bits per heavy atom. The van der Waals surface area contributed by atoms with Gasteiger partial charge in [-0.1, -0.05) is 0 Å². The molecule has 0 saturated heterocycles. The van der Waals surface area contributed by atoms with E-state index in [1.165, 1.54) is 0 Å². The average Bonchev–Trinajstić information content (AvgIpc) is 2.71. The lowest BCUT2D eigenvalue weighted by atomic mass is 10.3. The Kier molecular flexibility index (Phi) is 2.42. The number of thiazole rings is 1. The second-order valence-electron chi connectivity index (χ2n) is 2.64. The number of hydrogen-bond donors (Lipinski definition) is 1. The van der Waals surface area contributed by atoms with E-state index in [2.05, 4.69) is 10.3 Å². The largest absolute Gasteiger partial charge is 0.463 e. The first-order valence-electron chi connectivity index (χ1n) is 4.02. The van der Waals surface area contributed by atoms with E-state index in [4.69, 9.17) is 4.42 Å². The van der Waals surface area contributed by atoms with E-state index in [1.807, 2.05) is 24.7 Å². The predicted octanol–water partition coefficient (Wildman–Crippen LogP) is 2.12. The molecule has 0 saturated carbocycles. The maximum absolute atomic E-state index is 5.31. The Morgan fingerprint density at radius 3 is 3.23 bits per heavy atom. The van der Waals surface area contributed by atoms with Crippen molar-refractivity contribution in [2.75, 3.05) is 7.05 Å². The van der Waals surface area contributed by atoms with Crippen molar-refractivity contribution in [2.24, 2.45) is 0 Å². The maximum atomic E-state index is 5.31. The molecular weight excluding hydrogens is 184 g/mol. The van der Waals surface area contributed by atoms with Crippen molar-refractivity contribution in [1.82, 2.24) is 10.3 Å². The highest BCUT2D eigenvalue weighted by atomic mass is 32.1. The standard InChI is InChI=1S/C9H10N2OS/c1-10-5-7-9(13-6-11-7)8-3-2-4-12-8/h2-4,6,10H,5H2,1H3. The highest BCUT2D eigenvalue weighted by molar-refractivity contribution is 7.13. The van der Waals surface area contributed by atoms with Crippen LogP contribution in [0.4, 0.5) is 0 Å². The first kappa shape index (κ1) is 8.47. The summed E-state index contributed by atoms with van der Waals surface area (Å²) < 4.78 is 5.31. The van der Waals surface area contributed by atoms with Gasteiger partial charge in [-0.3, -0.25) is 0 Å². The Bertz CT molecular complexity index is 367. The molecule has 0 spiro atoms. The van der Waals surface area contributed by atoms with Crippen molar-refractivity contribution in [3.63, 3.8) is 0 Å². The highest BCUT2D eigenvalue weighted by Gasteiger charge is 2.09. The van der Waals surface area contributed by atoms with Crippen molar-refractivity contribution >= 4 is 11.3 Å². The Hall–Kier alpha value is -1.13. The molecule has 0 unspecified atom stereocenters. The van der Waals surface area contributed by atoms with E-state index in [1.54, 1.807) is 17.6 Å². The van der Waals surface area contributed by atoms with Gasteiger partial charge in [-0.25, -0.2) is 4.98 Å². The molecule has 68 valence electrons. The lowest BCUT2D eigenvalue weighted by Gasteiger charge is -1.97. The van der Waals surface area contributed by atoms with Gasteiger partial charge in [-0.15, -0.1) is 11.3 Å². The van der Waals surface area contributed by atoms with E-state index >= 15 is 0 Å². The normalized spacial score (nSPS) is 10.5. The van der Waals surface area contributed by atoms with Crippen molar-refractivity contribution in [3.05, 3.63) is 29.6 Å². The monoisotopic (exact) mass is 194 g/mol. The molecule has 1 N–H and O–H groups in total. The summed E-state index contributed by atoms with van der Waals surface area (Å²) in [5.41, 5.74) is 2.88. The fraction of sp³-hybridized carbons (Fsp3) is 0.222. The van der Waals surface area contributed by atoms with E-state index in [-0.39, 0.29) is 0 Å². The predicted molar refractivity (Wildman–Crippen MR) is 52.6 cm³/mol. The van der Waals surface area contributed by atoms with Gasteiger partial charge < -0.3 is 9.73 Å². The third-order valence-corrected chi connectivity index (χ3v) is 2.61. The van der Waals surface area contributed by atoms with E-state index in [9.17, 15) is 0 Å². The van der Waals surface area contributed by atoms with E-state index in [0.717, 1.165) is 22.9 Å². The van der Waals surface area contributed by atoms with Crippen LogP contribution in [0, 0.1) is 0 Å². The fourth-order valence-electron chi connectivity index (χ4n) is 1.17. The Morgan fingerprint density at radius 2 is 2.54 bits per heavy atom. The molecule has 0 bridgehead atoms. The van der Waals surface area contributed by atoms with Crippen LogP contribution < -0.4 is 5.32 Å². The zero-order valence-electron chi connectivity index (χ0n) is 7.28. The van der Waals surface area contributed by atoms with Crippen LogP contribution in [-0.2, 0) is 6.54 Å². The first-order chi connectivity index (χ1) is 6.42. The number of hydrogen-bond acceptors (Lipinski definition) is 4. The lowest BCUT2D eigenvalue weighted by Crippen LogP contribution is -2.05. The first-order valence-corrected chi connectivity index (χ1v) is 4.90. The number of aromatic nitrogens is 1. The van der Waals surface area contributed by atoms with E-state index in [0.29, 0.717) is 0 Å². The molecule has 0 aliphatic heterocycles. The number of nitrogens with one attached hydrogen (secondary N) is 1. The summed E-state index contributed by atoms with van der Waals surface area (Å²) in [6.07, 6.45) is 1.68. The lowest BCUT2D eigenvalue weighted by molar-refractivity contribution is 0.582. The molecule has 0 aliphatic carbocycles. The van der Waals surface area contributed by atoms with Crippen LogP contribution >= 0.6 is 11.3 Å². The molecule has 3 nitrogen and oxygen atoms in total. The number of rotatable bonds is 3. The minimum atomic E-state index is 0.777. The van der Waals surface area contributed by atoms with Crippen LogP contribution in [0.5, 0.6) is 0 Å². The summed E-state index contributed by atoms with van der Waals surface area (Å²) in [5, 5.41) is 3.07. The Labute approximate surface area is 80.4 Å². The van der Waals surface area contributed by atoms with Crippen LogP contribution in [0.25, 0.3) is 10.6 Å². The molecule has 0 radical (unpaired) electrons. The number of furan rings is 1. The highest BCUT2D eigenvalue weighted by Crippen LogP contribution is 2.27. The molecule has 2 aromatic rings. The summed E-state index contributed by atoms with van der Waals surface area (Å²) in [6, 6.07) is 3.84. The van der Waals surface area contributed by atoms with Gasteiger partial charge in [-0.05, 0) is 19.2 Å². The molecule has 0 aromatic carbocycles. The topological polar surface area (TPSA) is 38.1 Å². The third-order valence-electron chi connectivity index (χ3n) is 1.73. The quantitative estimate of drug-likeness (QED) is 0.813.